The van der Waals surface area contributed by atoms with Gasteiger partial charge in [0.05, 0.1) is 0 Å². The van der Waals surface area contributed by atoms with E-state index in [0.29, 0.717) is 0 Å². The van der Waals surface area contributed by atoms with Crippen LogP contribution in [0.1, 0.15) is 5.71 Å². The molecule has 0 spiro atoms. The zero-order valence-electron chi connectivity index (χ0n) is 6.40. The molecule has 1 nitrogen and oxygen atoms in total. The zero-order chi connectivity index (χ0) is 2.00. The third-order valence-corrected chi connectivity index (χ3v) is 0. The van der Waals surface area contributed by atoms with Crippen molar-refractivity contribution in [1.29, 1.82) is 0 Å². The first-order valence-corrected chi connectivity index (χ1v) is 0.236. The Balaban J connectivity index is -0.000000000238. The van der Waals surface area contributed by atoms with Gasteiger partial charge in [0.25, 0.3) is 0 Å². The van der Waals surface area contributed by atoms with Crippen molar-refractivity contribution >= 4 is 112 Å². The molecule has 0 atom stereocenters. The maximum Gasteiger partial charge on any atom is 2.00 e. The second kappa shape index (κ2) is 26.9. The summed E-state index contributed by atoms with van der Waals surface area (Å²) >= 11 is 0. The van der Waals surface area contributed by atoms with Crippen molar-refractivity contribution in [3.8, 4) is 0 Å². The van der Waals surface area contributed by atoms with Gasteiger partial charge in [-0.25, -0.2) is 0 Å². The van der Waals surface area contributed by atoms with Gasteiger partial charge in [-0.15, -0.1) is 0 Å². The van der Waals surface area contributed by atoms with E-state index >= 15 is 0 Å². The summed E-state index contributed by atoms with van der Waals surface area (Å²) < 4.78 is 7.75. The molecule has 0 aromatic carbocycles. The van der Waals surface area contributed by atoms with Gasteiger partial charge in [-0.3, -0.25) is 0 Å². The van der Waals surface area contributed by atoms with E-state index in [2.05, 4.69) is 7.72 Å². The van der Waals surface area contributed by atoms with Crippen molar-refractivity contribution in [3.05, 3.63) is 0 Å². The minimum atomic E-state index is 0. The molecule has 0 rings (SSSR count). The van der Waals surface area contributed by atoms with Crippen LogP contribution in [-0.4, -0.2) is 112 Å². The van der Waals surface area contributed by atoms with Gasteiger partial charge in [0.1, 0.15) is 0 Å². The Morgan fingerprint density at radius 3 is 1.40 bits per heavy atom. The molecule has 5 heavy (non-hydrogen) atoms. The van der Waals surface area contributed by atoms with E-state index in [1.807, 2.05) is 0 Å². The van der Waals surface area contributed by atoms with Gasteiger partial charge >= 0.3 is 99.0 Å². The van der Waals surface area contributed by atoms with Crippen LogP contribution in [0.5, 0.6) is 0 Å². The molecule has 1 radical (unpaired) electrons. The smallest absolute Gasteiger partial charge is 1.00 e. The molecule has 0 aliphatic heterocycles. The average molecular weight is 238 g/mol. The standard InChI is InChI=1S/Al.BO.Ba.Ca.7H/c;1-2;;;;;;;;;/q;;2*+2;;;;4*-1. The number of hydrogen-bond donors (Lipinski definition) is 0. The topological polar surface area (TPSA) is 17.1 Å². The quantitative estimate of drug-likeness (QED) is 0.446. The predicted molar refractivity (Wildman–Crippen MR) is 32.3 cm³/mol. The predicted octanol–water partition coefficient (Wildman–Crippen LogP) is -2.00. The molecule has 5 heteroatoms. The molecule has 0 fully saturated rings. The maximum absolute atomic E-state index is 7.75. The monoisotopic (exact) mass is 239 g/mol. The van der Waals surface area contributed by atoms with Gasteiger partial charge in [-0.1, -0.05) is 0 Å². The van der Waals surface area contributed by atoms with Crippen LogP contribution < -0.4 is 0 Å². The molecule has 0 amide bonds. The fourth-order valence-electron chi connectivity index (χ4n) is 0. The first kappa shape index (κ1) is 24.0. The molecule has 0 heterocycles. The molecule has 0 saturated carbocycles. The SMILES string of the molecule is [AlH3].[B]=O.[Ba+2].[Ca+2].[H-].[H-].[H-].[H-]. The second-order valence-corrected chi connectivity index (χ2v) is 0. The van der Waals surface area contributed by atoms with E-state index in [1.54, 1.807) is 0 Å². The van der Waals surface area contributed by atoms with Crippen LogP contribution in [0.15, 0.2) is 0 Å². The van der Waals surface area contributed by atoms with Gasteiger partial charge in [0, 0.05) is 0 Å². The van der Waals surface area contributed by atoms with Crippen LogP contribution in [0.3, 0.4) is 0 Å². The van der Waals surface area contributed by atoms with E-state index in [-0.39, 0.29) is 110 Å². The fourth-order valence-corrected chi connectivity index (χ4v) is 0. The van der Waals surface area contributed by atoms with Crippen molar-refractivity contribution < 1.29 is 10.4 Å². The van der Waals surface area contributed by atoms with E-state index < -0.39 is 0 Å². The Labute approximate surface area is 119 Å². The van der Waals surface area contributed by atoms with E-state index in [0.717, 1.165) is 0 Å². The van der Waals surface area contributed by atoms with Crippen molar-refractivity contribution in [2.45, 2.75) is 0 Å². The van der Waals surface area contributed by atoms with Crippen molar-refractivity contribution in [3.63, 3.8) is 0 Å². The van der Waals surface area contributed by atoms with E-state index in [1.165, 1.54) is 0 Å². The molecule has 0 aromatic heterocycles. The summed E-state index contributed by atoms with van der Waals surface area (Å²) in [5.74, 6) is 0. The van der Waals surface area contributed by atoms with Crippen LogP contribution in [0, 0.1) is 0 Å². The molecule has 0 aromatic rings. The number of hydrogen-bond acceptors (Lipinski definition) is 1. The zero-order valence-corrected chi connectivity index (χ0v) is 9.05. The minimum absolute atomic E-state index is 0. The summed E-state index contributed by atoms with van der Waals surface area (Å²) in [7, 11) is 3.25. The molecule has 0 aliphatic carbocycles. The largest absolute Gasteiger partial charge is 2.00 e. The molecule has 23 valence electrons. The van der Waals surface area contributed by atoms with Gasteiger partial charge < -0.3 is 5.71 Å². The molecular weight excluding hydrogens is 231 g/mol. The van der Waals surface area contributed by atoms with Gasteiger partial charge in [-0.05, 0) is 0 Å². The molecule has 0 saturated heterocycles. The van der Waals surface area contributed by atoms with Crippen molar-refractivity contribution in [2.24, 2.45) is 0 Å². The third kappa shape index (κ3) is 19.0. The Hall–Kier alpha value is 3.23. The summed E-state index contributed by atoms with van der Waals surface area (Å²) in [4.78, 5) is 0. The van der Waals surface area contributed by atoms with Crippen molar-refractivity contribution in [2.75, 3.05) is 0 Å². The average Bonchev–Trinajstić information content (AvgIpc) is 1.00. The fraction of sp³-hybridized carbons (Fsp3) is 0. The van der Waals surface area contributed by atoms with Crippen LogP contribution >= 0.6 is 0 Å². The first-order chi connectivity index (χ1) is 1.00. The van der Waals surface area contributed by atoms with Gasteiger partial charge in [0.2, 0.25) is 0 Å². The summed E-state index contributed by atoms with van der Waals surface area (Å²) in [5, 5.41) is 0. The van der Waals surface area contributed by atoms with Gasteiger partial charge in [-0.2, -0.15) is 0 Å². The Kier molecular flexibility index (Phi) is 129. The third-order valence-electron chi connectivity index (χ3n) is 0. The first-order valence-electron chi connectivity index (χ1n) is 0.236. The molecular formula is H7AlBBaCaO. The van der Waals surface area contributed by atoms with Crippen LogP contribution in [0.4, 0.5) is 0 Å². The molecule has 0 unspecified atom stereocenters. The summed E-state index contributed by atoms with van der Waals surface area (Å²) in [5.41, 5.74) is 0. The summed E-state index contributed by atoms with van der Waals surface area (Å²) in [6.07, 6.45) is 0. The summed E-state index contributed by atoms with van der Waals surface area (Å²) in [6.45, 7) is 0. The minimum Gasteiger partial charge on any atom is -1.00 e. The Morgan fingerprint density at radius 2 is 1.40 bits per heavy atom. The van der Waals surface area contributed by atoms with E-state index in [9.17, 15) is 0 Å². The van der Waals surface area contributed by atoms with Crippen LogP contribution in [-0.2, 0) is 4.70 Å². The summed E-state index contributed by atoms with van der Waals surface area (Å²) in [6, 6.07) is 0. The maximum atomic E-state index is 7.75. The molecule has 0 bridgehead atoms. The number of rotatable bonds is 0. The Morgan fingerprint density at radius 1 is 1.40 bits per heavy atom. The van der Waals surface area contributed by atoms with E-state index in [4.69, 9.17) is 4.70 Å². The van der Waals surface area contributed by atoms with Gasteiger partial charge in [0.15, 0.2) is 17.4 Å². The molecule has 0 N–H and O–H groups in total. The second-order valence-electron chi connectivity index (χ2n) is 0. The molecule has 0 aliphatic rings. The van der Waals surface area contributed by atoms with Crippen molar-refractivity contribution in [1.82, 2.24) is 0 Å². The van der Waals surface area contributed by atoms with Crippen LogP contribution in [0.25, 0.3) is 0 Å². The van der Waals surface area contributed by atoms with Crippen LogP contribution in [0.2, 0.25) is 0 Å². The Bertz CT molecular complexity index is 20.5. The normalized spacial score (nSPS) is 0.600.